The molecule has 0 fully saturated rings. The van der Waals surface area contributed by atoms with E-state index in [4.69, 9.17) is 0 Å². The van der Waals surface area contributed by atoms with E-state index in [1.165, 1.54) is 149 Å². The van der Waals surface area contributed by atoms with Crippen LogP contribution in [0.15, 0.2) is 40.9 Å². The van der Waals surface area contributed by atoms with Crippen molar-refractivity contribution < 1.29 is 0 Å². The van der Waals surface area contributed by atoms with Gasteiger partial charge in [-0.25, -0.2) is 0 Å². The fourth-order valence-electron chi connectivity index (χ4n) is 5.31. The third-order valence-electron chi connectivity index (χ3n) is 7.44. The van der Waals surface area contributed by atoms with E-state index >= 15 is 0 Å². The molecule has 0 saturated carbocycles. The van der Waals surface area contributed by atoms with E-state index in [0.717, 1.165) is 4.47 Å². The molecule has 2 aromatic carbocycles. The average Bonchev–Trinajstić information content (AvgIpc) is 3.20. The minimum Gasteiger partial charge on any atom is -0.355 e. The highest BCUT2D eigenvalue weighted by atomic mass is 79.9. The van der Waals surface area contributed by atoms with Crippen LogP contribution in [0.2, 0.25) is 0 Å². The molecule has 34 heavy (non-hydrogen) atoms. The molecule has 2 heteroatoms. The largest absolute Gasteiger partial charge is 0.355 e. The van der Waals surface area contributed by atoms with Gasteiger partial charge in [0.1, 0.15) is 0 Å². The van der Waals surface area contributed by atoms with Crippen LogP contribution in [0.3, 0.4) is 0 Å². The summed E-state index contributed by atoms with van der Waals surface area (Å²) in [6, 6.07) is 13.5. The van der Waals surface area contributed by atoms with Crippen molar-refractivity contribution in [2.24, 2.45) is 0 Å². The zero-order chi connectivity index (χ0) is 23.8. The Morgan fingerprint density at radius 3 is 1.62 bits per heavy atom. The van der Waals surface area contributed by atoms with Gasteiger partial charge in [-0.2, -0.15) is 0 Å². The van der Waals surface area contributed by atoms with Gasteiger partial charge in [0, 0.05) is 26.3 Å². The maximum atomic E-state index is 3.60. The number of hydrogen-bond acceptors (Lipinski definition) is 0. The van der Waals surface area contributed by atoms with E-state index in [0.29, 0.717) is 0 Å². The Hall–Kier alpha value is -1.28. The number of aryl methyl sites for hydroxylation is 1. The van der Waals surface area contributed by atoms with Crippen LogP contribution in [0.4, 0.5) is 0 Å². The lowest BCUT2D eigenvalue weighted by Gasteiger charge is -2.04. The number of H-pyrrole nitrogens is 1. The topological polar surface area (TPSA) is 15.8 Å². The summed E-state index contributed by atoms with van der Waals surface area (Å²) in [5.74, 6) is 0. The maximum Gasteiger partial charge on any atom is 0.0467 e. The molecule has 1 aromatic heterocycles. The highest BCUT2D eigenvalue weighted by Crippen LogP contribution is 2.29. The van der Waals surface area contributed by atoms with E-state index in [9.17, 15) is 0 Å². The van der Waals surface area contributed by atoms with Crippen molar-refractivity contribution in [3.8, 4) is 0 Å². The Morgan fingerprint density at radius 1 is 0.529 bits per heavy atom. The molecule has 0 radical (unpaired) electrons. The van der Waals surface area contributed by atoms with Gasteiger partial charge in [-0.1, -0.05) is 144 Å². The van der Waals surface area contributed by atoms with Gasteiger partial charge in [-0.05, 0) is 42.7 Å². The van der Waals surface area contributed by atoms with Crippen molar-refractivity contribution in [2.75, 3.05) is 0 Å². The molecular weight excluding hydrogens is 478 g/mol. The number of halogens is 1. The second-order valence-corrected chi connectivity index (χ2v) is 11.4. The molecule has 0 saturated heterocycles. The van der Waals surface area contributed by atoms with E-state index < -0.39 is 0 Å². The van der Waals surface area contributed by atoms with E-state index in [2.05, 4.69) is 64.2 Å². The second-order valence-electron chi connectivity index (χ2n) is 10.5. The number of aromatic amines is 1. The van der Waals surface area contributed by atoms with Crippen LogP contribution in [0.5, 0.6) is 0 Å². The van der Waals surface area contributed by atoms with E-state index in [1.807, 2.05) is 0 Å². The predicted molar refractivity (Wildman–Crippen MR) is 156 cm³/mol. The SMILES string of the molecule is CCCCCCCCCCCCCCCCCCCCc1ccc2c(c1)[nH]c1ccc(Br)cc12. The normalized spacial score (nSPS) is 11.7. The lowest BCUT2D eigenvalue weighted by Crippen LogP contribution is -1.87. The number of hydrogen-bond donors (Lipinski definition) is 1. The first-order valence-electron chi connectivity index (χ1n) is 14.5. The van der Waals surface area contributed by atoms with Gasteiger partial charge in [0.05, 0.1) is 0 Å². The first kappa shape index (κ1) is 27.3. The van der Waals surface area contributed by atoms with Gasteiger partial charge < -0.3 is 4.98 Å². The summed E-state index contributed by atoms with van der Waals surface area (Å²) in [6.45, 7) is 2.30. The van der Waals surface area contributed by atoms with Crippen LogP contribution in [-0.2, 0) is 6.42 Å². The third kappa shape index (κ3) is 9.76. The molecule has 0 aliphatic rings. The van der Waals surface area contributed by atoms with Gasteiger partial charge in [0.15, 0.2) is 0 Å². The van der Waals surface area contributed by atoms with E-state index in [-0.39, 0.29) is 0 Å². The molecule has 3 rings (SSSR count). The number of benzene rings is 2. The molecule has 1 nitrogen and oxygen atoms in total. The van der Waals surface area contributed by atoms with Gasteiger partial charge in [0.2, 0.25) is 0 Å². The molecule has 0 spiro atoms. The monoisotopic (exact) mass is 525 g/mol. The molecule has 3 aromatic rings. The van der Waals surface area contributed by atoms with E-state index in [1.54, 1.807) is 0 Å². The average molecular weight is 527 g/mol. The molecule has 0 amide bonds. The summed E-state index contributed by atoms with van der Waals surface area (Å²) >= 11 is 3.60. The van der Waals surface area contributed by atoms with Crippen molar-refractivity contribution in [3.05, 3.63) is 46.4 Å². The summed E-state index contributed by atoms with van der Waals surface area (Å²) in [6.07, 6.45) is 27.1. The zero-order valence-electron chi connectivity index (χ0n) is 21.8. The van der Waals surface area contributed by atoms with Gasteiger partial charge >= 0.3 is 0 Å². The molecule has 0 aliphatic heterocycles. The van der Waals surface area contributed by atoms with Gasteiger partial charge in [-0.15, -0.1) is 0 Å². The van der Waals surface area contributed by atoms with Gasteiger partial charge in [-0.3, -0.25) is 0 Å². The smallest absolute Gasteiger partial charge is 0.0467 e. The Bertz CT molecular complexity index is 941. The zero-order valence-corrected chi connectivity index (χ0v) is 23.4. The molecular formula is C32H48BrN. The summed E-state index contributed by atoms with van der Waals surface area (Å²) < 4.78 is 1.14. The van der Waals surface area contributed by atoms with Gasteiger partial charge in [0.25, 0.3) is 0 Å². The molecule has 1 N–H and O–H groups in total. The van der Waals surface area contributed by atoms with Crippen LogP contribution in [-0.4, -0.2) is 4.98 Å². The molecule has 0 bridgehead atoms. The van der Waals surface area contributed by atoms with Crippen molar-refractivity contribution in [1.29, 1.82) is 0 Å². The third-order valence-corrected chi connectivity index (χ3v) is 7.94. The molecule has 0 atom stereocenters. The minimum atomic E-state index is 1.14. The van der Waals surface area contributed by atoms with Crippen LogP contribution >= 0.6 is 15.9 Å². The number of unbranched alkanes of at least 4 members (excludes halogenated alkanes) is 17. The summed E-state index contributed by atoms with van der Waals surface area (Å²) in [5, 5.41) is 2.64. The van der Waals surface area contributed by atoms with Crippen molar-refractivity contribution >= 4 is 37.7 Å². The van der Waals surface area contributed by atoms with Crippen LogP contribution in [0.1, 0.15) is 128 Å². The molecule has 1 heterocycles. The Labute approximate surface area is 217 Å². The summed E-state index contributed by atoms with van der Waals surface area (Å²) in [5.41, 5.74) is 3.96. The number of rotatable bonds is 19. The number of aromatic nitrogens is 1. The lowest BCUT2D eigenvalue weighted by molar-refractivity contribution is 0.525. The predicted octanol–water partition coefficient (Wildman–Crippen LogP) is 11.7. The highest BCUT2D eigenvalue weighted by Gasteiger charge is 2.05. The first-order valence-corrected chi connectivity index (χ1v) is 15.3. The Kier molecular flexibility index (Phi) is 13.2. The fraction of sp³-hybridized carbons (Fsp3) is 0.625. The molecule has 0 aliphatic carbocycles. The van der Waals surface area contributed by atoms with Crippen LogP contribution in [0, 0.1) is 0 Å². The minimum absolute atomic E-state index is 1.14. The molecule has 0 unspecified atom stereocenters. The van der Waals surface area contributed by atoms with Crippen molar-refractivity contribution in [3.63, 3.8) is 0 Å². The standard InChI is InChI=1S/C32H48BrN/c1-2-3-4-5-6-7-8-9-10-11-12-13-14-15-16-17-18-19-20-27-21-23-29-30-26-28(33)22-24-31(30)34-32(29)25-27/h21-26,34H,2-20H2,1H3. The Morgan fingerprint density at radius 2 is 1.06 bits per heavy atom. The number of nitrogens with one attached hydrogen (secondary N) is 1. The fourth-order valence-corrected chi connectivity index (χ4v) is 5.67. The first-order chi connectivity index (χ1) is 16.8. The Balaban J connectivity index is 1.14. The van der Waals surface area contributed by atoms with Crippen LogP contribution < -0.4 is 0 Å². The quantitative estimate of drug-likeness (QED) is 0.150. The summed E-state index contributed by atoms with van der Waals surface area (Å²) in [4.78, 5) is 3.58. The number of fused-ring (bicyclic) bond motifs is 3. The summed E-state index contributed by atoms with van der Waals surface area (Å²) in [7, 11) is 0. The highest BCUT2D eigenvalue weighted by molar-refractivity contribution is 9.10. The lowest BCUT2D eigenvalue weighted by atomic mass is 10.0. The maximum absolute atomic E-state index is 3.60. The van der Waals surface area contributed by atoms with Crippen molar-refractivity contribution in [1.82, 2.24) is 4.98 Å². The van der Waals surface area contributed by atoms with Crippen LogP contribution in [0.25, 0.3) is 21.8 Å². The molecule has 188 valence electrons. The second kappa shape index (κ2) is 16.4. The van der Waals surface area contributed by atoms with Crippen molar-refractivity contribution in [2.45, 2.75) is 129 Å².